The first-order valence-corrected chi connectivity index (χ1v) is 8.84. The molecule has 1 atom stereocenters. The van der Waals surface area contributed by atoms with Gasteiger partial charge in [0, 0.05) is 38.8 Å². The molecule has 9 heteroatoms. The number of hydrogen-bond acceptors (Lipinski definition) is 3. The number of rotatable bonds is 7. The molecule has 0 radical (unpaired) electrons. The van der Waals surface area contributed by atoms with E-state index in [0.29, 0.717) is 12.0 Å². The molecule has 0 aromatic heterocycles. The summed E-state index contributed by atoms with van der Waals surface area (Å²) in [6.45, 7) is 2.06. The van der Waals surface area contributed by atoms with E-state index in [-0.39, 0.29) is 41.8 Å². The molecule has 1 fully saturated rings. The summed E-state index contributed by atoms with van der Waals surface area (Å²) in [6.07, 6.45) is 2.32. The molecule has 0 saturated carbocycles. The van der Waals surface area contributed by atoms with Crippen molar-refractivity contribution in [2.75, 3.05) is 33.7 Å². The van der Waals surface area contributed by atoms with E-state index in [1.54, 1.807) is 7.05 Å². The quantitative estimate of drug-likeness (QED) is 0.354. The Kier molecular flexibility index (Phi) is 10.2. The molecule has 0 amide bonds. The van der Waals surface area contributed by atoms with Gasteiger partial charge in [-0.1, -0.05) is 13.0 Å². The van der Waals surface area contributed by atoms with Crippen LogP contribution in [0.1, 0.15) is 25.3 Å². The Morgan fingerprint density at radius 2 is 2.19 bits per heavy atom. The molecule has 2 rings (SSSR count). The predicted octanol–water partition coefficient (Wildman–Crippen LogP) is 3.54. The average molecular weight is 500 g/mol. The van der Waals surface area contributed by atoms with Crippen LogP contribution in [0.15, 0.2) is 23.2 Å². The highest BCUT2D eigenvalue weighted by Crippen LogP contribution is 2.23. The van der Waals surface area contributed by atoms with Crippen LogP contribution in [0.2, 0.25) is 0 Å². The molecule has 0 aliphatic carbocycles. The van der Waals surface area contributed by atoms with Gasteiger partial charge in [-0.3, -0.25) is 9.89 Å². The fourth-order valence-electron chi connectivity index (χ4n) is 3.39. The molecule has 1 heterocycles. The van der Waals surface area contributed by atoms with Gasteiger partial charge in [-0.05, 0) is 38.1 Å². The van der Waals surface area contributed by atoms with Crippen LogP contribution in [0.4, 0.5) is 13.2 Å². The van der Waals surface area contributed by atoms with Gasteiger partial charge >= 0.3 is 6.61 Å². The normalized spacial score (nSPS) is 17.7. The van der Waals surface area contributed by atoms with E-state index in [9.17, 15) is 13.2 Å². The Balaban J connectivity index is 0.00000364. The topological polar surface area (TPSA) is 40.1 Å². The van der Waals surface area contributed by atoms with E-state index < -0.39 is 12.4 Å². The zero-order valence-electron chi connectivity index (χ0n) is 15.9. The van der Waals surface area contributed by atoms with Crippen molar-refractivity contribution in [1.29, 1.82) is 0 Å². The summed E-state index contributed by atoms with van der Waals surface area (Å²) in [5.41, 5.74) is 0.0541. The Morgan fingerprint density at radius 1 is 1.44 bits per heavy atom. The summed E-state index contributed by atoms with van der Waals surface area (Å²) in [4.78, 5) is 8.62. The van der Waals surface area contributed by atoms with Crippen molar-refractivity contribution in [2.24, 2.45) is 4.99 Å². The number of guanidine groups is 1. The third-order valence-electron chi connectivity index (χ3n) is 4.68. The number of nitrogens with one attached hydrogen (secondary N) is 1. The molecule has 1 aliphatic rings. The molecule has 27 heavy (non-hydrogen) atoms. The molecule has 5 nitrogen and oxygen atoms in total. The fourth-order valence-corrected chi connectivity index (χ4v) is 3.39. The van der Waals surface area contributed by atoms with Crippen molar-refractivity contribution in [3.8, 4) is 5.75 Å². The van der Waals surface area contributed by atoms with E-state index in [2.05, 4.69) is 26.9 Å². The van der Waals surface area contributed by atoms with Gasteiger partial charge in [-0.2, -0.15) is 8.78 Å². The zero-order valence-corrected chi connectivity index (χ0v) is 18.3. The van der Waals surface area contributed by atoms with E-state index in [1.807, 2.05) is 11.9 Å². The van der Waals surface area contributed by atoms with Crippen molar-refractivity contribution < 1.29 is 17.9 Å². The van der Waals surface area contributed by atoms with Crippen LogP contribution in [-0.2, 0) is 6.54 Å². The first-order chi connectivity index (χ1) is 12.5. The number of nitrogens with zero attached hydrogens (tertiary/aromatic N) is 3. The fraction of sp³-hybridized carbons (Fsp3) is 0.611. The largest absolute Gasteiger partial charge is 0.434 e. The van der Waals surface area contributed by atoms with Gasteiger partial charge in [0.2, 0.25) is 0 Å². The Bertz CT molecular complexity index is 618. The molecule has 0 bridgehead atoms. The summed E-state index contributed by atoms with van der Waals surface area (Å²) in [5, 5.41) is 3.04. The van der Waals surface area contributed by atoms with Crippen molar-refractivity contribution >= 4 is 29.9 Å². The maximum atomic E-state index is 14.1. The van der Waals surface area contributed by atoms with Gasteiger partial charge in [0.15, 0.2) is 5.96 Å². The summed E-state index contributed by atoms with van der Waals surface area (Å²) in [7, 11) is 3.56. The Labute approximate surface area is 176 Å². The maximum Gasteiger partial charge on any atom is 0.387 e. The van der Waals surface area contributed by atoms with Gasteiger partial charge < -0.3 is 15.0 Å². The van der Waals surface area contributed by atoms with Crippen LogP contribution in [0.3, 0.4) is 0 Å². The number of likely N-dealkylation sites (tertiary alicyclic amines) is 1. The number of likely N-dealkylation sites (N-methyl/N-ethyl adjacent to an activating group) is 2. The van der Waals surface area contributed by atoms with Gasteiger partial charge in [-0.15, -0.1) is 24.0 Å². The summed E-state index contributed by atoms with van der Waals surface area (Å²) in [5.74, 6) is -0.181. The average Bonchev–Trinajstić information content (AvgIpc) is 3.04. The lowest BCUT2D eigenvalue weighted by Gasteiger charge is -2.30. The second-order valence-electron chi connectivity index (χ2n) is 6.30. The number of benzene rings is 1. The molecule has 1 aromatic carbocycles. The second kappa shape index (κ2) is 11.6. The molecule has 154 valence electrons. The molecule has 1 N–H and O–H groups in total. The monoisotopic (exact) mass is 500 g/mol. The lowest BCUT2D eigenvalue weighted by Crippen LogP contribution is -2.45. The number of alkyl halides is 2. The standard InChI is InChI=1S/C18H27F3N4O.HI/c1-4-25-10-6-7-13(25)12-24(3)18(22-2)23-11-14-15(19)8-5-9-16(14)26-17(20)21;/h5,8-9,13,17H,4,6-7,10-12H2,1-3H3,(H,22,23);1H. The highest BCUT2D eigenvalue weighted by atomic mass is 127. The zero-order chi connectivity index (χ0) is 19.1. The molecule has 1 saturated heterocycles. The smallest absolute Gasteiger partial charge is 0.387 e. The first kappa shape index (κ1) is 23.8. The van der Waals surface area contributed by atoms with Gasteiger partial charge in [0.1, 0.15) is 11.6 Å². The van der Waals surface area contributed by atoms with E-state index in [4.69, 9.17) is 0 Å². The first-order valence-electron chi connectivity index (χ1n) is 8.84. The highest BCUT2D eigenvalue weighted by molar-refractivity contribution is 14.0. The number of aliphatic imine (C=N–C) groups is 1. The van der Waals surface area contributed by atoms with E-state index in [1.165, 1.54) is 24.6 Å². The molecule has 1 aromatic rings. The van der Waals surface area contributed by atoms with Crippen molar-refractivity contribution in [2.45, 2.75) is 39.0 Å². The molecule has 1 unspecified atom stereocenters. The molecular formula is C18H28F3IN4O. The van der Waals surface area contributed by atoms with Crippen LogP contribution < -0.4 is 10.1 Å². The number of hydrogen-bond donors (Lipinski definition) is 1. The minimum absolute atomic E-state index is 0. The molecule has 0 spiro atoms. The summed E-state index contributed by atoms with van der Waals surface area (Å²) < 4.78 is 43.5. The van der Waals surface area contributed by atoms with E-state index in [0.717, 1.165) is 26.1 Å². The Hall–Kier alpha value is -1.23. The van der Waals surface area contributed by atoms with Crippen molar-refractivity contribution in [1.82, 2.24) is 15.1 Å². The lowest BCUT2D eigenvalue weighted by atomic mass is 10.2. The van der Waals surface area contributed by atoms with E-state index >= 15 is 0 Å². The van der Waals surface area contributed by atoms with Gasteiger partial charge in [-0.25, -0.2) is 4.39 Å². The number of halogens is 4. The maximum absolute atomic E-state index is 14.1. The molecule has 1 aliphatic heterocycles. The van der Waals surface area contributed by atoms with Crippen molar-refractivity contribution in [3.63, 3.8) is 0 Å². The van der Waals surface area contributed by atoms with Crippen LogP contribution in [0, 0.1) is 5.82 Å². The minimum Gasteiger partial charge on any atom is -0.434 e. The van der Waals surface area contributed by atoms with Crippen LogP contribution in [0.5, 0.6) is 5.75 Å². The third-order valence-corrected chi connectivity index (χ3v) is 4.68. The van der Waals surface area contributed by atoms with Crippen LogP contribution in [-0.4, -0.2) is 62.1 Å². The van der Waals surface area contributed by atoms with Gasteiger partial charge in [0.05, 0.1) is 0 Å². The van der Waals surface area contributed by atoms with Gasteiger partial charge in [0.25, 0.3) is 0 Å². The third kappa shape index (κ3) is 6.70. The highest BCUT2D eigenvalue weighted by Gasteiger charge is 2.25. The summed E-state index contributed by atoms with van der Waals surface area (Å²) >= 11 is 0. The number of ether oxygens (including phenoxy) is 1. The second-order valence-corrected chi connectivity index (χ2v) is 6.30. The SMILES string of the molecule is CCN1CCCC1CN(C)C(=NC)NCc1c(F)cccc1OC(F)F.I. The lowest BCUT2D eigenvalue weighted by molar-refractivity contribution is -0.0506. The summed E-state index contributed by atoms with van der Waals surface area (Å²) in [6, 6.07) is 4.35. The van der Waals surface area contributed by atoms with Crippen LogP contribution in [0.25, 0.3) is 0 Å². The Morgan fingerprint density at radius 3 is 2.81 bits per heavy atom. The van der Waals surface area contributed by atoms with Crippen molar-refractivity contribution in [3.05, 3.63) is 29.6 Å². The molecular weight excluding hydrogens is 472 g/mol. The van der Waals surface area contributed by atoms with Crippen LogP contribution >= 0.6 is 24.0 Å². The predicted molar refractivity (Wildman–Crippen MR) is 112 cm³/mol. The minimum atomic E-state index is -3.00.